The number of halogens is 1. The molecule has 1 aromatic carbocycles. The van der Waals surface area contributed by atoms with Gasteiger partial charge in [-0.2, -0.15) is 0 Å². The molecule has 0 radical (unpaired) electrons. The van der Waals surface area contributed by atoms with E-state index < -0.39 is 6.03 Å². The van der Waals surface area contributed by atoms with Gasteiger partial charge in [-0.25, -0.2) is 9.78 Å². The number of hydrogen-bond donors (Lipinski definition) is 3. The fourth-order valence-electron chi connectivity index (χ4n) is 2.69. The molecule has 0 aliphatic carbocycles. The summed E-state index contributed by atoms with van der Waals surface area (Å²) in [5.41, 5.74) is 1.26. The summed E-state index contributed by atoms with van der Waals surface area (Å²) in [7, 11) is 2.08. The van der Waals surface area contributed by atoms with E-state index in [-0.39, 0.29) is 6.04 Å². The van der Waals surface area contributed by atoms with Gasteiger partial charge in [0.15, 0.2) is 5.82 Å². The Balaban J connectivity index is 1.64. The van der Waals surface area contributed by atoms with Crippen LogP contribution in [-0.4, -0.2) is 60.2 Å². The molecule has 1 aromatic heterocycles. The first-order valence-corrected chi connectivity index (χ1v) is 9.09. The van der Waals surface area contributed by atoms with E-state index in [9.17, 15) is 4.79 Å². The number of aromatic nitrogens is 2. The Morgan fingerprint density at radius 2 is 2.22 bits per heavy atom. The number of nitrogens with zero attached hydrogens (tertiary/aromatic N) is 3. The van der Waals surface area contributed by atoms with Crippen LogP contribution in [-0.2, 0) is 0 Å². The van der Waals surface area contributed by atoms with E-state index in [4.69, 9.17) is 16.3 Å². The topological polar surface area (TPSA) is 91.4 Å². The highest BCUT2D eigenvalue weighted by Crippen LogP contribution is 2.28. The van der Waals surface area contributed by atoms with Crippen LogP contribution in [0.2, 0.25) is 5.02 Å². The molecule has 1 fully saturated rings. The van der Waals surface area contributed by atoms with Gasteiger partial charge in [-0.15, -0.1) is 0 Å². The maximum atomic E-state index is 12.3. The quantitative estimate of drug-likeness (QED) is 0.726. The molecule has 0 spiro atoms. The lowest BCUT2D eigenvalue weighted by Crippen LogP contribution is -2.51. The second kappa shape index (κ2) is 8.98. The molecule has 2 aromatic rings. The minimum Gasteiger partial charge on any atom is -0.490 e. The first kappa shape index (κ1) is 19.3. The van der Waals surface area contributed by atoms with Gasteiger partial charge in [-0.05, 0) is 32.2 Å². The van der Waals surface area contributed by atoms with Gasteiger partial charge in [0, 0.05) is 24.7 Å². The number of anilines is 2. The van der Waals surface area contributed by atoms with Crippen LogP contribution in [0.25, 0.3) is 0 Å². The lowest BCUT2D eigenvalue weighted by Gasteiger charge is -2.32. The van der Waals surface area contributed by atoms with Crippen LogP contribution in [0.5, 0.6) is 5.75 Å². The van der Waals surface area contributed by atoms with E-state index in [1.807, 2.05) is 6.92 Å². The molecule has 144 valence electrons. The molecule has 2 heterocycles. The van der Waals surface area contributed by atoms with Crippen LogP contribution in [0.4, 0.5) is 16.3 Å². The monoisotopic (exact) mass is 390 g/mol. The van der Waals surface area contributed by atoms with Crippen LogP contribution in [0, 0.1) is 6.92 Å². The summed E-state index contributed by atoms with van der Waals surface area (Å²) in [5.74, 6) is 0.918. The zero-order valence-electron chi connectivity index (χ0n) is 15.3. The molecule has 9 heteroatoms. The van der Waals surface area contributed by atoms with Crippen molar-refractivity contribution >= 4 is 29.1 Å². The van der Waals surface area contributed by atoms with Crippen molar-refractivity contribution in [3.63, 3.8) is 0 Å². The van der Waals surface area contributed by atoms with E-state index in [0.29, 0.717) is 28.9 Å². The number of carbonyl (C=O) groups excluding carboxylic acids is 1. The predicted octanol–water partition coefficient (Wildman–Crippen LogP) is 2.36. The summed E-state index contributed by atoms with van der Waals surface area (Å²) in [6.07, 6.45) is 3.08. The Bertz CT molecular complexity index is 786. The second-order valence-corrected chi connectivity index (χ2v) is 6.85. The lowest BCUT2D eigenvalue weighted by atomic mass is 10.2. The van der Waals surface area contributed by atoms with Crippen molar-refractivity contribution in [2.24, 2.45) is 0 Å². The highest BCUT2D eigenvalue weighted by atomic mass is 35.5. The van der Waals surface area contributed by atoms with Gasteiger partial charge in [0.05, 0.1) is 29.8 Å². The minimum absolute atomic E-state index is 0.263. The fraction of sp³-hybridized carbons (Fsp3) is 0.389. The molecule has 0 unspecified atom stereocenters. The van der Waals surface area contributed by atoms with E-state index in [2.05, 4.69) is 37.9 Å². The molecule has 27 heavy (non-hydrogen) atoms. The standard InChI is InChI=1S/C18H23ClN6O2/c1-12-8-22-17(10-21-12)24-18(26)23-15-7-13(19)3-4-16(15)27-11-14-9-20-5-6-25(14)2/h3-4,7-8,10,14,20H,5-6,9,11H2,1-2H3,(H2,22,23,24,26)/t14-/m0/s1. The first-order valence-electron chi connectivity index (χ1n) is 8.71. The summed E-state index contributed by atoms with van der Waals surface area (Å²) >= 11 is 6.08. The molecular weight excluding hydrogens is 368 g/mol. The Morgan fingerprint density at radius 3 is 2.96 bits per heavy atom. The molecule has 2 amide bonds. The molecular formula is C18H23ClN6O2. The molecule has 3 N–H and O–H groups in total. The van der Waals surface area contributed by atoms with Crippen molar-refractivity contribution in [2.75, 3.05) is 43.9 Å². The fourth-order valence-corrected chi connectivity index (χ4v) is 2.86. The van der Waals surface area contributed by atoms with Crippen molar-refractivity contribution < 1.29 is 9.53 Å². The SMILES string of the molecule is Cc1cnc(NC(=O)Nc2cc(Cl)ccc2OC[C@@H]2CNCCN2C)cn1. The summed E-state index contributed by atoms with van der Waals surface area (Å²) in [6.45, 7) is 5.14. The van der Waals surface area contributed by atoms with Crippen molar-refractivity contribution in [1.82, 2.24) is 20.2 Å². The number of amides is 2. The molecule has 1 aliphatic rings. The number of piperazine rings is 1. The second-order valence-electron chi connectivity index (χ2n) is 6.41. The highest BCUT2D eigenvalue weighted by molar-refractivity contribution is 6.31. The van der Waals surface area contributed by atoms with Gasteiger partial charge in [-0.1, -0.05) is 11.6 Å². The molecule has 0 saturated carbocycles. The molecule has 1 saturated heterocycles. The van der Waals surface area contributed by atoms with Crippen LogP contribution >= 0.6 is 11.6 Å². The maximum Gasteiger partial charge on any atom is 0.325 e. The zero-order chi connectivity index (χ0) is 19.2. The van der Waals surface area contributed by atoms with Gasteiger partial charge in [0.1, 0.15) is 12.4 Å². The number of ether oxygens (including phenoxy) is 1. The van der Waals surface area contributed by atoms with Gasteiger partial charge < -0.3 is 15.4 Å². The van der Waals surface area contributed by atoms with Crippen LogP contribution < -0.4 is 20.7 Å². The molecule has 8 nitrogen and oxygen atoms in total. The van der Waals surface area contributed by atoms with Crippen LogP contribution in [0.15, 0.2) is 30.6 Å². The Kier molecular flexibility index (Phi) is 6.44. The molecule has 0 bridgehead atoms. The third-order valence-electron chi connectivity index (χ3n) is 4.29. The van der Waals surface area contributed by atoms with Crippen LogP contribution in [0.3, 0.4) is 0 Å². The Hall–Kier alpha value is -2.42. The van der Waals surface area contributed by atoms with Crippen molar-refractivity contribution in [1.29, 1.82) is 0 Å². The average molecular weight is 391 g/mol. The third kappa shape index (κ3) is 5.53. The number of aryl methyl sites for hydroxylation is 1. The Labute approximate surface area is 163 Å². The predicted molar refractivity (Wildman–Crippen MR) is 106 cm³/mol. The van der Waals surface area contributed by atoms with Crippen LogP contribution in [0.1, 0.15) is 5.69 Å². The number of hydrogen-bond acceptors (Lipinski definition) is 6. The van der Waals surface area contributed by atoms with Crippen molar-refractivity contribution in [3.8, 4) is 5.75 Å². The average Bonchev–Trinajstić information content (AvgIpc) is 2.64. The van der Waals surface area contributed by atoms with E-state index >= 15 is 0 Å². The summed E-state index contributed by atoms with van der Waals surface area (Å²) < 4.78 is 5.96. The summed E-state index contributed by atoms with van der Waals surface area (Å²) in [4.78, 5) is 22.7. The smallest absolute Gasteiger partial charge is 0.325 e. The van der Waals surface area contributed by atoms with Gasteiger partial charge >= 0.3 is 6.03 Å². The number of benzene rings is 1. The van der Waals surface area contributed by atoms with Gasteiger partial charge in [-0.3, -0.25) is 15.2 Å². The van der Waals surface area contributed by atoms with E-state index in [1.54, 1.807) is 24.4 Å². The summed E-state index contributed by atoms with van der Waals surface area (Å²) in [5, 5.41) is 9.25. The zero-order valence-corrected chi connectivity index (χ0v) is 16.1. The first-order chi connectivity index (χ1) is 13.0. The lowest BCUT2D eigenvalue weighted by molar-refractivity contribution is 0.136. The number of nitrogens with one attached hydrogen (secondary N) is 3. The molecule has 1 aliphatic heterocycles. The Morgan fingerprint density at radius 1 is 1.37 bits per heavy atom. The van der Waals surface area contributed by atoms with Crippen molar-refractivity contribution in [2.45, 2.75) is 13.0 Å². The van der Waals surface area contributed by atoms with E-state index in [0.717, 1.165) is 25.3 Å². The van der Waals surface area contributed by atoms with Gasteiger partial charge in [0.2, 0.25) is 0 Å². The van der Waals surface area contributed by atoms with Crippen molar-refractivity contribution in [3.05, 3.63) is 41.3 Å². The summed E-state index contributed by atoms with van der Waals surface area (Å²) in [6, 6.07) is 4.95. The molecule has 3 rings (SSSR count). The number of carbonyl (C=O) groups is 1. The number of likely N-dealkylation sites (N-methyl/N-ethyl adjacent to an activating group) is 1. The number of urea groups is 1. The number of rotatable bonds is 5. The molecule has 1 atom stereocenters. The minimum atomic E-state index is -0.447. The normalized spacial score (nSPS) is 17.4. The van der Waals surface area contributed by atoms with E-state index in [1.165, 1.54) is 6.20 Å². The maximum absolute atomic E-state index is 12.3. The van der Waals surface area contributed by atoms with Gasteiger partial charge in [0.25, 0.3) is 0 Å². The largest absolute Gasteiger partial charge is 0.490 e. The highest BCUT2D eigenvalue weighted by Gasteiger charge is 2.20. The third-order valence-corrected chi connectivity index (χ3v) is 4.52.